The minimum Gasteiger partial charge on any atom is -0.261 e. The highest BCUT2D eigenvalue weighted by Gasteiger charge is 2.19. The first-order valence-electron chi connectivity index (χ1n) is 6.99. The van der Waals surface area contributed by atoms with Crippen LogP contribution >= 0.6 is 0 Å². The Morgan fingerprint density at radius 1 is 1.26 bits per heavy atom. The van der Waals surface area contributed by atoms with Crippen molar-refractivity contribution in [2.45, 2.75) is 51.5 Å². The lowest BCUT2D eigenvalue weighted by molar-refractivity contribution is 0.582. The Bertz CT molecular complexity index is 542. The summed E-state index contributed by atoms with van der Waals surface area (Å²) in [6.45, 7) is 2.78. The number of hydrogen-bond donors (Lipinski definition) is 0. The molecule has 0 unspecified atom stereocenters. The lowest BCUT2D eigenvalue weighted by Gasteiger charge is -2.02. The lowest BCUT2D eigenvalue weighted by Crippen LogP contribution is -2.04. The standard InChI is InChI=1S/C14H19N5/c1-11-8-15-9-13(16-11)6-7-19-10-14(17-18-19)12-4-2-3-5-12/h8-10,12H,2-7H2,1H3. The summed E-state index contributed by atoms with van der Waals surface area (Å²) in [7, 11) is 0. The maximum absolute atomic E-state index is 4.45. The maximum Gasteiger partial charge on any atom is 0.0857 e. The van der Waals surface area contributed by atoms with Gasteiger partial charge in [-0.05, 0) is 19.8 Å². The zero-order valence-electron chi connectivity index (χ0n) is 11.3. The molecule has 5 heteroatoms. The second-order valence-electron chi connectivity index (χ2n) is 5.29. The van der Waals surface area contributed by atoms with Crippen LogP contribution in [0, 0.1) is 6.92 Å². The van der Waals surface area contributed by atoms with Gasteiger partial charge in [-0.25, -0.2) is 0 Å². The zero-order chi connectivity index (χ0) is 13.1. The van der Waals surface area contributed by atoms with Crippen LogP contribution in [-0.4, -0.2) is 25.0 Å². The highest BCUT2D eigenvalue weighted by Crippen LogP contribution is 2.32. The molecule has 0 aliphatic heterocycles. The molecule has 1 aliphatic carbocycles. The molecule has 0 atom stereocenters. The molecule has 2 aromatic heterocycles. The van der Waals surface area contributed by atoms with Gasteiger partial charge < -0.3 is 0 Å². The highest BCUT2D eigenvalue weighted by molar-refractivity contribution is 5.05. The first-order chi connectivity index (χ1) is 9.31. The average Bonchev–Trinajstić information content (AvgIpc) is 3.07. The van der Waals surface area contributed by atoms with Gasteiger partial charge in [0.1, 0.15) is 0 Å². The summed E-state index contributed by atoms with van der Waals surface area (Å²) in [5, 5.41) is 8.52. The van der Waals surface area contributed by atoms with Crippen molar-refractivity contribution in [2.75, 3.05) is 0 Å². The van der Waals surface area contributed by atoms with E-state index in [1.807, 2.05) is 17.8 Å². The number of hydrogen-bond acceptors (Lipinski definition) is 4. The van der Waals surface area contributed by atoms with Crippen LogP contribution in [0.4, 0.5) is 0 Å². The Balaban J connectivity index is 1.61. The van der Waals surface area contributed by atoms with E-state index >= 15 is 0 Å². The van der Waals surface area contributed by atoms with E-state index in [1.54, 1.807) is 6.20 Å². The van der Waals surface area contributed by atoms with Crippen molar-refractivity contribution in [1.29, 1.82) is 0 Å². The summed E-state index contributed by atoms with van der Waals surface area (Å²) in [5.41, 5.74) is 3.13. The fourth-order valence-electron chi connectivity index (χ4n) is 2.70. The largest absolute Gasteiger partial charge is 0.261 e. The van der Waals surface area contributed by atoms with Crippen LogP contribution in [0.3, 0.4) is 0 Å². The quantitative estimate of drug-likeness (QED) is 0.843. The minimum atomic E-state index is 0.632. The first-order valence-corrected chi connectivity index (χ1v) is 6.99. The van der Waals surface area contributed by atoms with Crippen molar-refractivity contribution < 1.29 is 0 Å². The summed E-state index contributed by atoms with van der Waals surface area (Å²) in [4.78, 5) is 8.61. The topological polar surface area (TPSA) is 56.5 Å². The third kappa shape index (κ3) is 2.97. The monoisotopic (exact) mass is 257 g/mol. The van der Waals surface area contributed by atoms with Crippen molar-refractivity contribution in [3.05, 3.63) is 35.7 Å². The van der Waals surface area contributed by atoms with Crippen molar-refractivity contribution >= 4 is 0 Å². The normalized spacial score (nSPS) is 16.1. The van der Waals surface area contributed by atoms with Gasteiger partial charge in [0.2, 0.25) is 0 Å². The van der Waals surface area contributed by atoms with Crippen molar-refractivity contribution in [3.63, 3.8) is 0 Å². The molecule has 3 rings (SSSR count). The fraction of sp³-hybridized carbons (Fsp3) is 0.571. The molecule has 0 N–H and O–H groups in total. The molecule has 0 radical (unpaired) electrons. The Labute approximate surface area is 113 Å². The molecule has 19 heavy (non-hydrogen) atoms. The predicted molar refractivity (Wildman–Crippen MR) is 71.7 cm³/mol. The van der Waals surface area contributed by atoms with E-state index in [1.165, 1.54) is 25.7 Å². The van der Waals surface area contributed by atoms with E-state index in [4.69, 9.17) is 0 Å². The summed E-state index contributed by atoms with van der Waals surface area (Å²) < 4.78 is 1.93. The Morgan fingerprint density at radius 3 is 2.89 bits per heavy atom. The van der Waals surface area contributed by atoms with Crippen LogP contribution in [0.2, 0.25) is 0 Å². The molecule has 2 aromatic rings. The van der Waals surface area contributed by atoms with Gasteiger partial charge in [0.25, 0.3) is 0 Å². The van der Waals surface area contributed by atoms with Crippen LogP contribution in [0.15, 0.2) is 18.6 Å². The van der Waals surface area contributed by atoms with Gasteiger partial charge >= 0.3 is 0 Å². The van der Waals surface area contributed by atoms with Crippen molar-refractivity contribution in [2.24, 2.45) is 0 Å². The molecule has 0 bridgehead atoms. The second-order valence-corrected chi connectivity index (χ2v) is 5.29. The van der Waals surface area contributed by atoms with E-state index in [0.29, 0.717) is 5.92 Å². The van der Waals surface area contributed by atoms with Gasteiger partial charge in [-0.1, -0.05) is 18.1 Å². The predicted octanol–water partition coefficient (Wildman–Crippen LogP) is 2.28. The molecule has 5 nitrogen and oxygen atoms in total. The molecule has 0 amide bonds. The molecule has 0 spiro atoms. The smallest absolute Gasteiger partial charge is 0.0857 e. The van der Waals surface area contributed by atoms with Gasteiger partial charge in [-0.15, -0.1) is 5.10 Å². The molecule has 100 valence electrons. The summed E-state index contributed by atoms with van der Waals surface area (Å²) in [5.74, 6) is 0.632. The van der Waals surface area contributed by atoms with Gasteiger partial charge in [-0.2, -0.15) is 0 Å². The summed E-state index contributed by atoms with van der Waals surface area (Å²) in [6.07, 6.45) is 11.7. The number of rotatable bonds is 4. The Hall–Kier alpha value is -1.78. The van der Waals surface area contributed by atoms with Gasteiger partial charge in [0.15, 0.2) is 0 Å². The van der Waals surface area contributed by atoms with E-state index in [9.17, 15) is 0 Å². The molecule has 0 aromatic carbocycles. The van der Waals surface area contributed by atoms with E-state index in [0.717, 1.165) is 30.0 Å². The Kier molecular flexibility index (Phi) is 3.53. The van der Waals surface area contributed by atoms with E-state index in [-0.39, 0.29) is 0 Å². The zero-order valence-corrected chi connectivity index (χ0v) is 11.3. The first kappa shape index (κ1) is 12.3. The highest BCUT2D eigenvalue weighted by atomic mass is 15.4. The van der Waals surface area contributed by atoms with E-state index in [2.05, 4.69) is 26.5 Å². The van der Waals surface area contributed by atoms with Gasteiger partial charge in [0.05, 0.1) is 17.1 Å². The van der Waals surface area contributed by atoms with Crippen LogP contribution in [0.5, 0.6) is 0 Å². The Morgan fingerprint density at radius 2 is 2.11 bits per heavy atom. The van der Waals surface area contributed by atoms with Crippen LogP contribution in [-0.2, 0) is 13.0 Å². The van der Waals surface area contributed by atoms with Crippen LogP contribution in [0.1, 0.15) is 48.7 Å². The summed E-state index contributed by atoms with van der Waals surface area (Å²) in [6, 6.07) is 0. The molecule has 1 fully saturated rings. The van der Waals surface area contributed by atoms with Crippen LogP contribution < -0.4 is 0 Å². The molecule has 0 saturated heterocycles. The molecular weight excluding hydrogens is 238 g/mol. The maximum atomic E-state index is 4.45. The molecule has 1 aliphatic rings. The number of aromatic nitrogens is 5. The van der Waals surface area contributed by atoms with Crippen molar-refractivity contribution in [3.8, 4) is 0 Å². The fourth-order valence-corrected chi connectivity index (χ4v) is 2.70. The van der Waals surface area contributed by atoms with E-state index < -0.39 is 0 Å². The SMILES string of the molecule is Cc1cncc(CCn2cc(C3CCCC3)nn2)n1. The minimum absolute atomic E-state index is 0.632. The third-order valence-corrected chi connectivity index (χ3v) is 3.73. The number of nitrogens with zero attached hydrogens (tertiary/aromatic N) is 5. The lowest BCUT2D eigenvalue weighted by atomic mass is 10.1. The van der Waals surface area contributed by atoms with Gasteiger partial charge in [0, 0.05) is 37.5 Å². The number of aryl methyl sites for hydroxylation is 3. The van der Waals surface area contributed by atoms with Gasteiger partial charge in [-0.3, -0.25) is 14.6 Å². The second kappa shape index (κ2) is 5.47. The molecule has 2 heterocycles. The molecule has 1 saturated carbocycles. The van der Waals surface area contributed by atoms with Crippen molar-refractivity contribution in [1.82, 2.24) is 25.0 Å². The van der Waals surface area contributed by atoms with Crippen LogP contribution in [0.25, 0.3) is 0 Å². The molecular formula is C14H19N5. The third-order valence-electron chi connectivity index (χ3n) is 3.73. The average molecular weight is 257 g/mol. The summed E-state index contributed by atoms with van der Waals surface area (Å²) >= 11 is 0.